The predicted molar refractivity (Wildman–Crippen MR) is 406 cm³/mol. The number of ether oxygens (including phenoxy) is 4. The van der Waals surface area contributed by atoms with E-state index in [1.54, 1.807) is 0 Å². The molecule has 0 aliphatic carbocycles. The summed E-state index contributed by atoms with van der Waals surface area (Å²) in [5, 5.41) is 9.78. The first-order valence-corrected chi connectivity index (χ1v) is 41.7. The fourth-order valence-electron chi connectivity index (χ4n) is 12.8. The fourth-order valence-corrected chi connectivity index (χ4v) is 12.8. The van der Waals surface area contributed by atoms with Gasteiger partial charge in [-0.2, -0.15) is 0 Å². The van der Waals surface area contributed by atoms with Gasteiger partial charge in [0.2, 0.25) is 0 Å². The molecule has 2 atom stereocenters. The molecule has 0 bridgehead atoms. The van der Waals surface area contributed by atoms with Crippen LogP contribution in [0.15, 0.2) is 36.5 Å². The number of carboxylic acids is 1. The maximum atomic E-state index is 13.0. The monoisotopic (exact) mass is 1330 g/mol. The molecule has 0 aromatic carbocycles. The zero-order valence-electron chi connectivity index (χ0n) is 63.7. The van der Waals surface area contributed by atoms with E-state index in [1.807, 2.05) is 21.1 Å². The first-order chi connectivity index (χ1) is 46.1. The van der Waals surface area contributed by atoms with Gasteiger partial charge in [0.15, 0.2) is 6.10 Å². The number of unbranched alkanes of at least 4 members (excludes halogenated alkanes) is 58. The quantitative estimate of drug-likeness (QED) is 0.0211. The minimum absolute atomic E-state index is 0.175. The summed E-state index contributed by atoms with van der Waals surface area (Å²) in [6.45, 7) is 4.95. The normalized spacial score (nSPS) is 12.7. The first-order valence-electron chi connectivity index (χ1n) is 41.7. The fraction of sp³-hybridized carbons (Fsp3) is 0.894. The average Bonchev–Trinajstić information content (AvgIpc) is 3.35. The second-order valence-corrected chi connectivity index (χ2v) is 29.8. The van der Waals surface area contributed by atoms with Crippen molar-refractivity contribution in [3.63, 3.8) is 0 Å². The number of likely N-dealkylation sites (N-methyl/N-ethyl adjacent to an activating group) is 1. The third-order valence-electron chi connectivity index (χ3n) is 19.1. The van der Waals surface area contributed by atoms with Crippen molar-refractivity contribution in [1.29, 1.82) is 0 Å². The van der Waals surface area contributed by atoms with Crippen molar-refractivity contribution in [2.75, 3.05) is 47.5 Å². The lowest BCUT2D eigenvalue weighted by atomic mass is 10.0. The van der Waals surface area contributed by atoms with Gasteiger partial charge in [-0.25, -0.2) is 4.79 Å². The Labute approximate surface area is 585 Å². The molecule has 0 aliphatic rings. The first kappa shape index (κ1) is 91.5. The van der Waals surface area contributed by atoms with Crippen molar-refractivity contribution in [3.05, 3.63) is 36.5 Å². The molecule has 2 unspecified atom stereocenters. The third kappa shape index (κ3) is 76.9. The van der Waals surface area contributed by atoms with E-state index in [9.17, 15) is 19.5 Å². The standard InChI is InChI=1S/C85H161NO8/c1-6-8-10-12-14-16-18-20-22-24-26-28-30-32-34-36-38-40-41-42-44-45-47-49-51-53-55-57-59-61-63-65-67-69-71-73-75-82(87)92-79-81(80-93-85(84(89)90)91-78-77-86(3,4)5)94-83(88)76-74-72-70-68-66-64-62-60-58-56-54-52-50-48-46-43-39-37-35-33-31-29-27-25-23-21-19-17-15-13-11-9-7-2/h19,21,25,27,31,33,81,85H,6-18,20,22-24,26,28-30,32,34-80H2,1-5H3/p+1/b21-19-,27-25-,33-31-. The number of aliphatic carboxylic acids is 1. The van der Waals surface area contributed by atoms with Gasteiger partial charge in [0, 0.05) is 12.8 Å². The molecule has 0 saturated carbocycles. The molecule has 0 heterocycles. The number of carboxylic acid groups (broad SMARTS) is 1. The average molecular weight is 1330 g/mol. The maximum absolute atomic E-state index is 13.0. The van der Waals surface area contributed by atoms with E-state index in [2.05, 4.69) is 50.3 Å². The highest BCUT2D eigenvalue weighted by Gasteiger charge is 2.25. The second-order valence-electron chi connectivity index (χ2n) is 29.8. The van der Waals surface area contributed by atoms with Crippen molar-refractivity contribution < 1.29 is 42.9 Å². The second kappa shape index (κ2) is 76.3. The minimum Gasteiger partial charge on any atom is -0.477 e. The molecule has 0 aliphatic heterocycles. The van der Waals surface area contributed by atoms with Crippen LogP contribution in [0.5, 0.6) is 0 Å². The Morgan fingerprint density at radius 2 is 0.574 bits per heavy atom. The maximum Gasteiger partial charge on any atom is 0.361 e. The number of rotatable bonds is 79. The lowest BCUT2D eigenvalue weighted by Gasteiger charge is -2.25. The van der Waals surface area contributed by atoms with Crippen LogP contribution < -0.4 is 0 Å². The van der Waals surface area contributed by atoms with E-state index >= 15 is 0 Å². The van der Waals surface area contributed by atoms with Crippen LogP contribution in [0.25, 0.3) is 0 Å². The molecule has 0 spiro atoms. The smallest absolute Gasteiger partial charge is 0.361 e. The summed E-state index contributed by atoms with van der Waals surface area (Å²) in [6, 6.07) is 0. The van der Waals surface area contributed by atoms with Crippen LogP contribution in [-0.2, 0) is 33.3 Å². The highest BCUT2D eigenvalue weighted by molar-refractivity contribution is 5.71. The van der Waals surface area contributed by atoms with E-state index in [1.165, 1.54) is 353 Å². The third-order valence-corrected chi connectivity index (χ3v) is 19.1. The minimum atomic E-state index is -1.51. The molecule has 0 amide bonds. The summed E-state index contributed by atoms with van der Waals surface area (Å²) in [5.74, 6) is -1.97. The summed E-state index contributed by atoms with van der Waals surface area (Å²) < 4.78 is 23.1. The lowest BCUT2D eigenvalue weighted by Crippen LogP contribution is -2.40. The Hall–Kier alpha value is -2.49. The van der Waals surface area contributed by atoms with E-state index < -0.39 is 18.4 Å². The number of allylic oxidation sites excluding steroid dienone is 6. The van der Waals surface area contributed by atoms with Crippen LogP contribution in [0, 0.1) is 0 Å². The van der Waals surface area contributed by atoms with Gasteiger partial charge >= 0.3 is 17.9 Å². The van der Waals surface area contributed by atoms with Gasteiger partial charge in [0.25, 0.3) is 6.29 Å². The van der Waals surface area contributed by atoms with Crippen LogP contribution in [0.2, 0.25) is 0 Å². The highest BCUT2D eigenvalue weighted by Crippen LogP contribution is 2.20. The van der Waals surface area contributed by atoms with Gasteiger partial charge in [0.05, 0.1) is 34.4 Å². The zero-order chi connectivity index (χ0) is 68.2. The Kier molecular flexibility index (Phi) is 74.2. The molecule has 0 aromatic heterocycles. The van der Waals surface area contributed by atoms with Crippen molar-refractivity contribution in [1.82, 2.24) is 0 Å². The van der Waals surface area contributed by atoms with Crippen LogP contribution in [-0.4, -0.2) is 87.4 Å². The lowest BCUT2D eigenvalue weighted by molar-refractivity contribution is -0.870. The van der Waals surface area contributed by atoms with Crippen LogP contribution in [0.3, 0.4) is 0 Å². The molecule has 0 aromatic rings. The molecule has 554 valence electrons. The number of hydrogen-bond acceptors (Lipinski definition) is 7. The summed E-state index contributed by atoms with van der Waals surface area (Å²) >= 11 is 0. The number of nitrogens with zero attached hydrogens (tertiary/aromatic N) is 1. The van der Waals surface area contributed by atoms with Crippen molar-refractivity contribution >= 4 is 17.9 Å². The summed E-state index contributed by atoms with van der Waals surface area (Å²) in [4.78, 5) is 37.8. The molecular weight excluding hydrogens is 1160 g/mol. The number of carbonyl (C=O) groups excluding carboxylic acids is 2. The van der Waals surface area contributed by atoms with Crippen LogP contribution in [0.1, 0.15) is 431 Å². The molecule has 0 radical (unpaired) electrons. The number of quaternary nitrogens is 1. The molecule has 9 nitrogen and oxygen atoms in total. The summed E-state index contributed by atoms with van der Waals surface area (Å²) in [5.41, 5.74) is 0. The molecule has 1 N–H and O–H groups in total. The molecule has 94 heavy (non-hydrogen) atoms. The number of esters is 2. The van der Waals surface area contributed by atoms with Crippen LogP contribution in [0.4, 0.5) is 0 Å². The van der Waals surface area contributed by atoms with Crippen molar-refractivity contribution in [2.24, 2.45) is 0 Å². The predicted octanol–water partition coefficient (Wildman–Crippen LogP) is 26.7. The van der Waals surface area contributed by atoms with E-state index in [-0.39, 0.29) is 38.2 Å². The van der Waals surface area contributed by atoms with E-state index in [0.29, 0.717) is 17.4 Å². The Morgan fingerprint density at radius 3 is 0.851 bits per heavy atom. The number of hydrogen-bond donors (Lipinski definition) is 1. The topological polar surface area (TPSA) is 108 Å². The highest BCUT2D eigenvalue weighted by atomic mass is 16.7. The molecule has 0 fully saturated rings. The number of carbonyl (C=O) groups is 3. The van der Waals surface area contributed by atoms with Gasteiger partial charge in [-0.05, 0) is 51.4 Å². The Morgan fingerprint density at radius 1 is 0.319 bits per heavy atom. The SMILES string of the molecule is CCCCCCC/C=C\C/C=C\C/C=C\CCCCCCCCCCCCCCCCCCCCC(=O)OC(COC(=O)CCCCCCCCCCCCCCCCCCCCCCCCCCCCCCCCCCCCCC)COC(OCC[N+](C)(C)C)C(=O)O. The Balaban J connectivity index is 3.95. The van der Waals surface area contributed by atoms with Crippen molar-refractivity contribution in [2.45, 2.75) is 444 Å². The van der Waals surface area contributed by atoms with Gasteiger partial charge < -0.3 is 28.5 Å². The molecular formula is C85H162NO8+. The van der Waals surface area contributed by atoms with Gasteiger partial charge in [-0.15, -0.1) is 0 Å². The van der Waals surface area contributed by atoms with Crippen LogP contribution >= 0.6 is 0 Å². The molecule has 9 heteroatoms. The van der Waals surface area contributed by atoms with Gasteiger partial charge in [0.1, 0.15) is 13.2 Å². The van der Waals surface area contributed by atoms with E-state index in [0.717, 1.165) is 51.4 Å². The van der Waals surface area contributed by atoms with Gasteiger partial charge in [-0.3, -0.25) is 9.59 Å². The van der Waals surface area contributed by atoms with Crippen molar-refractivity contribution in [3.8, 4) is 0 Å². The summed E-state index contributed by atoms with van der Waals surface area (Å²) in [6.07, 6.45) is 96.1. The Bertz CT molecular complexity index is 1640. The largest absolute Gasteiger partial charge is 0.477 e. The summed E-state index contributed by atoms with van der Waals surface area (Å²) in [7, 11) is 6.00. The zero-order valence-corrected chi connectivity index (χ0v) is 63.7. The van der Waals surface area contributed by atoms with E-state index in [4.69, 9.17) is 18.9 Å². The molecule has 0 saturated heterocycles. The molecule has 0 rings (SSSR count). The van der Waals surface area contributed by atoms with Gasteiger partial charge in [-0.1, -0.05) is 403 Å².